The van der Waals surface area contributed by atoms with Gasteiger partial charge in [0.2, 0.25) is 0 Å². The Morgan fingerprint density at radius 3 is 1.27 bits per heavy atom. The lowest BCUT2D eigenvalue weighted by molar-refractivity contribution is -0.139. The molecule has 12 nitrogen and oxygen atoms in total. The number of benzene rings is 4. The molecular weight excluding hydrogens is 668 g/mol. The molecule has 1 aliphatic rings. The van der Waals surface area contributed by atoms with Gasteiger partial charge in [0.25, 0.3) is 0 Å². The third-order valence-corrected chi connectivity index (χ3v) is 7.63. The van der Waals surface area contributed by atoms with Crippen molar-refractivity contribution >= 4 is 58.2 Å². The molecule has 0 unspecified atom stereocenters. The number of para-hydroxylation sites is 2. The van der Waals surface area contributed by atoms with Gasteiger partial charge in [-0.05, 0) is 50.2 Å². The van der Waals surface area contributed by atoms with Crippen LogP contribution in [0.5, 0.6) is 0 Å². The first kappa shape index (κ1) is 36.5. The van der Waals surface area contributed by atoms with Crippen molar-refractivity contribution in [3.8, 4) is 0 Å². The predicted molar refractivity (Wildman–Crippen MR) is 191 cm³/mol. The molecule has 5 rings (SSSR count). The van der Waals surface area contributed by atoms with E-state index in [2.05, 4.69) is 10.6 Å². The van der Waals surface area contributed by atoms with E-state index in [1.54, 1.807) is 98.8 Å². The van der Waals surface area contributed by atoms with Crippen molar-refractivity contribution in [3.63, 3.8) is 0 Å². The maximum atomic E-state index is 14.1. The van der Waals surface area contributed by atoms with E-state index in [0.717, 1.165) is 0 Å². The first-order valence-corrected chi connectivity index (χ1v) is 16.2. The zero-order chi connectivity index (χ0) is 37.0. The van der Waals surface area contributed by atoms with Crippen LogP contribution in [0, 0.1) is 0 Å². The number of esters is 4. The number of allylic oxidation sites excluding steroid dienone is 2. The highest BCUT2D eigenvalue weighted by Gasteiger charge is 2.34. The van der Waals surface area contributed by atoms with E-state index in [1.807, 2.05) is 0 Å². The third-order valence-electron chi connectivity index (χ3n) is 7.63. The summed E-state index contributed by atoms with van der Waals surface area (Å²) in [6, 6.07) is 22.6. The molecule has 0 fully saturated rings. The zero-order valence-electron chi connectivity index (χ0n) is 28.3. The third kappa shape index (κ3) is 8.48. The van der Waals surface area contributed by atoms with E-state index in [-0.39, 0.29) is 59.8 Å². The summed E-state index contributed by atoms with van der Waals surface area (Å²) in [7, 11) is 0. The molecule has 0 heterocycles. The normalized spacial score (nSPS) is 11.8. The summed E-state index contributed by atoms with van der Waals surface area (Å²) in [5, 5.41) is 6.26. The molecule has 264 valence electrons. The Morgan fingerprint density at radius 2 is 0.865 bits per heavy atom. The van der Waals surface area contributed by atoms with Crippen molar-refractivity contribution in [3.05, 3.63) is 143 Å². The Balaban J connectivity index is 1.35. The van der Waals surface area contributed by atoms with Gasteiger partial charge in [-0.15, -0.1) is 0 Å². The van der Waals surface area contributed by atoms with Crippen LogP contribution in [0.15, 0.2) is 109 Å². The fraction of sp³-hybridized carbons (Fsp3) is 0.150. The summed E-state index contributed by atoms with van der Waals surface area (Å²) in [6.07, 6.45) is 5.57. The molecule has 1 aliphatic carbocycles. The number of anilines is 4. The molecule has 4 aromatic rings. The molecule has 0 atom stereocenters. The molecule has 0 aliphatic heterocycles. The summed E-state index contributed by atoms with van der Waals surface area (Å²) >= 11 is 0. The molecular formula is C40H34N2O10. The van der Waals surface area contributed by atoms with Gasteiger partial charge in [-0.2, -0.15) is 0 Å². The van der Waals surface area contributed by atoms with Gasteiger partial charge in [0.05, 0.1) is 45.0 Å². The number of carbonyl (C=O) groups excluding carboxylic acids is 6. The molecule has 0 aromatic heterocycles. The maximum Gasteiger partial charge on any atom is 0.340 e. The summed E-state index contributed by atoms with van der Waals surface area (Å²) in [5.74, 6) is -3.34. The monoisotopic (exact) mass is 702 g/mol. The van der Waals surface area contributed by atoms with E-state index >= 15 is 0 Å². The van der Waals surface area contributed by atoms with E-state index in [4.69, 9.17) is 18.9 Å². The van der Waals surface area contributed by atoms with Crippen LogP contribution in [-0.2, 0) is 28.5 Å². The minimum absolute atomic E-state index is 0.121. The van der Waals surface area contributed by atoms with Crippen LogP contribution in [0.25, 0.3) is 0 Å². The zero-order valence-corrected chi connectivity index (χ0v) is 28.3. The molecule has 0 saturated carbocycles. The summed E-state index contributed by atoms with van der Waals surface area (Å²) in [6.45, 7) is 2.75. The van der Waals surface area contributed by atoms with Crippen molar-refractivity contribution in [2.75, 3.05) is 37.1 Å². The molecule has 0 radical (unpaired) electrons. The van der Waals surface area contributed by atoms with Gasteiger partial charge in [0, 0.05) is 23.3 Å². The second-order valence-electron chi connectivity index (χ2n) is 11.1. The van der Waals surface area contributed by atoms with Crippen molar-refractivity contribution in [2.45, 2.75) is 13.8 Å². The highest BCUT2D eigenvalue weighted by molar-refractivity contribution is 6.32. The molecule has 0 spiro atoms. The predicted octanol–water partition coefficient (Wildman–Crippen LogP) is 6.50. The van der Waals surface area contributed by atoms with Crippen LogP contribution in [0.1, 0.15) is 66.4 Å². The highest BCUT2D eigenvalue weighted by Crippen LogP contribution is 2.38. The van der Waals surface area contributed by atoms with Gasteiger partial charge >= 0.3 is 23.9 Å². The first-order chi connectivity index (χ1) is 25.2. The highest BCUT2D eigenvalue weighted by atomic mass is 16.6. The minimum atomic E-state index is -0.685. The Morgan fingerprint density at radius 1 is 0.500 bits per heavy atom. The van der Waals surface area contributed by atoms with E-state index in [1.165, 1.54) is 24.3 Å². The Kier molecular flexibility index (Phi) is 12.1. The number of ketones is 2. The van der Waals surface area contributed by atoms with Gasteiger partial charge in [0.15, 0.2) is 11.6 Å². The molecule has 2 N–H and O–H groups in total. The fourth-order valence-electron chi connectivity index (χ4n) is 5.36. The van der Waals surface area contributed by atoms with Crippen LogP contribution in [-0.4, -0.2) is 61.9 Å². The topological polar surface area (TPSA) is 163 Å². The van der Waals surface area contributed by atoms with Crippen molar-refractivity contribution in [1.29, 1.82) is 0 Å². The maximum absolute atomic E-state index is 14.1. The lowest BCUT2D eigenvalue weighted by Crippen LogP contribution is -2.23. The number of rotatable bonds is 14. The molecule has 12 heteroatoms. The molecule has 4 aromatic carbocycles. The van der Waals surface area contributed by atoms with Gasteiger partial charge in [-0.3, -0.25) is 9.59 Å². The van der Waals surface area contributed by atoms with Crippen LogP contribution < -0.4 is 10.6 Å². The SMILES string of the molecule is C/C=C\C(=O)OCCOC(=O)c1ccccc1Nc1cccc2c1C(=O)c1cccc(Nc3ccccc3C(=O)OCCOC(=O)/C=C\C)c1C2=O. The molecule has 52 heavy (non-hydrogen) atoms. The smallest absolute Gasteiger partial charge is 0.340 e. The largest absolute Gasteiger partial charge is 0.459 e. The van der Waals surface area contributed by atoms with Gasteiger partial charge < -0.3 is 29.6 Å². The molecule has 0 amide bonds. The van der Waals surface area contributed by atoms with Crippen LogP contribution in [0.4, 0.5) is 22.7 Å². The number of carbonyl (C=O) groups is 6. The number of nitrogens with one attached hydrogen (secondary N) is 2. The standard InChI is InChI=1S/C40H34N2O10/c1-3-11-33(43)49-21-23-51-39(47)25-13-5-7-17-29(25)41-31-19-9-15-27-35(31)37(45)28-16-10-20-32(36(28)38(27)46)42-30-18-8-6-14-26(30)40(48)52-24-22-50-34(44)12-4-2/h3-20,41-42H,21-24H2,1-2H3/b11-3-,12-4-. The van der Waals surface area contributed by atoms with E-state index in [9.17, 15) is 28.8 Å². The Labute approximate surface area is 299 Å². The van der Waals surface area contributed by atoms with Crippen molar-refractivity contribution in [1.82, 2.24) is 0 Å². The van der Waals surface area contributed by atoms with Gasteiger partial charge in [-0.1, -0.05) is 60.7 Å². The Bertz CT molecular complexity index is 1950. The average Bonchev–Trinajstić information content (AvgIpc) is 3.14. The summed E-state index contributed by atoms with van der Waals surface area (Å²) in [5.41, 5.74) is 2.09. The second kappa shape index (κ2) is 17.2. The first-order valence-electron chi connectivity index (χ1n) is 16.2. The Hall–Kier alpha value is -6.82. The lowest BCUT2D eigenvalue weighted by atomic mass is 9.82. The van der Waals surface area contributed by atoms with E-state index in [0.29, 0.717) is 22.7 Å². The number of hydrogen-bond acceptors (Lipinski definition) is 12. The summed E-state index contributed by atoms with van der Waals surface area (Å²) < 4.78 is 20.5. The molecule has 0 bridgehead atoms. The van der Waals surface area contributed by atoms with Crippen molar-refractivity contribution < 1.29 is 47.7 Å². The lowest BCUT2D eigenvalue weighted by Gasteiger charge is -2.24. The number of fused-ring (bicyclic) bond motifs is 2. The van der Waals surface area contributed by atoms with Gasteiger partial charge in [0.1, 0.15) is 26.4 Å². The number of hydrogen-bond donors (Lipinski definition) is 2. The van der Waals surface area contributed by atoms with Crippen LogP contribution in [0.3, 0.4) is 0 Å². The number of ether oxygens (including phenoxy) is 4. The molecule has 0 saturated heterocycles. The fourth-order valence-corrected chi connectivity index (χ4v) is 5.36. The van der Waals surface area contributed by atoms with Crippen LogP contribution in [0.2, 0.25) is 0 Å². The second-order valence-corrected chi connectivity index (χ2v) is 11.1. The average molecular weight is 703 g/mol. The quantitative estimate of drug-likeness (QED) is 0.0560. The van der Waals surface area contributed by atoms with Crippen LogP contribution >= 0.6 is 0 Å². The van der Waals surface area contributed by atoms with Crippen molar-refractivity contribution in [2.24, 2.45) is 0 Å². The summed E-state index contributed by atoms with van der Waals surface area (Å²) in [4.78, 5) is 77.2. The minimum Gasteiger partial charge on any atom is -0.459 e. The van der Waals surface area contributed by atoms with Gasteiger partial charge in [-0.25, -0.2) is 19.2 Å². The van der Waals surface area contributed by atoms with E-state index < -0.39 is 35.4 Å².